The summed E-state index contributed by atoms with van der Waals surface area (Å²) in [5.41, 5.74) is 0.521. The van der Waals surface area contributed by atoms with E-state index in [-0.39, 0.29) is 199 Å². The molecule has 0 saturated heterocycles. The second-order valence-corrected chi connectivity index (χ2v) is 46.7. The van der Waals surface area contributed by atoms with Crippen molar-refractivity contribution < 1.29 is 66.9 Å². The van der Waals surface area contributed by atoms with E-state index < -0.39 is 24.0 Å². The number of hydrogen-bond donors (Lipinski definition) is 9. The molecule has 23 nitrogen and oxygen atoms in total. The Kier molecular flexibility index (Phi) is 79.7. The van der Waals surface area contributed by atoms with E-state index in [9.17, 15) is 47.9 Å². The maximum atomic E-state index is 12.8. The van der Waals surface area contributed by atoms with Crippen molar-refractivity contribution in [3.8, 4) is 0 Å². The van der Waals surface area contributed by atoms with Crippen LogP contribution in [0.5, 0.6) is 0 Å². The summed E-state index contributed by atoms with van der Waals surface area (Å²) >= 11 is 0. The first-order valence-corrected chi connectivity index (χ1v) is 54.4. The zero-order chi connectivity index (χ0) is 104. The quantitative estimate of drug-likeness (QED) is 0.0256. The number of amides is 3. The normalized spacial score (nSPS) is 21.4. The van der Waals surface area contributed by atoms with Crippen LogP contribution in [0.3, 0.4) is 0 Å². The molecule has 0 aromatic carbocycles. The van der Waals surface area contributed by atoms with Gasteiger partial charge in [0, 0.05) is 122 Å². The Balaban J connectivity index is -0.000000414. The van der Waals surface area contributed by atoms with E-state index in [0.717, 1.165) is 77.5 Å². The van der Waals surface area contributed by atoms with Crippen molar-refractivity contribution in [1.82, 2.24) is 47.9 Å². The summed E-state index contributed by atoms with van der Waals surface area (Å²) in [6, 6.07) is 0.0255. The largest absolute Gasteiger partial charge is 0.379 e. The lowest BCUT2D eigenvalue weighted by atomic mass is 9.43. The van der Waals surface area contributed by atoms with Crippen LogP contribution in [0, 0.1) is 93.7 Å². The molecule has 0 aromatic rings. The van der Waals surface area contributed by atoms with Crippen LogP contribution < -0.4 is 47.9 Å². The molecule has 17 atom stereocenters. The van der Waals surface area contributed by atoms with E-state index in [1.54, 1.807) is 41.5 Å². The minimum absolute atomic E-state index is 0. The highest BCUT2D eigenvalue weighted by Crippen LogP contribution is 2.69. The van der Waals surface area contributed by atoms with Gasteiger partial charge >= 0.3 is 0 Å². The fourth-order valence-electron chi connectivity index (χ4n) is 20.6. The van der Waals surface area contributed by atoms with Gasteiger partial charge < -0.3 is 66.8 Å². The zero-order valence-corrected chi connectivity index (χ0v) is 94.1. The molecule has 16 unspecified atom stereocenters. The first-order valence-electron chi connectivity index (χ1n) is 54.4. The van der Waals surface area contributed by atoms with E-state index in [2.05, 4.69) is 207 Å². The number of carbonyl (C=O) groups excluding carboxylic acids is 10. The molecule has 4 saturated carbocycles. The van der Waals surface area contributed by atoms with Crippen LogP contribution in [-0.4, -0.2) is 200 Å². The molecule has 4 aliphatic rings. The molecule has 0 bridgehead atoms. The highest BCUT2D eigenvalue weighted by Gasteiger charge is 2.67. The van der Waals surface area contributed by atoms with E-state index in [1.807, 2.05) is 69.2 Å². The number of rotatable bonds is 62. The summed E-state index contributed by atoms with van der Waals surface area (Å²) in [6.07, 6.45) is 22.3. The van der Waals surface area contributed by atoms with Crippen molar-refractivity contribution in [2.75, 3.05) is 26.2 Å². The van der Waals surface area contributed by atoms with Crippen LogP contribution in [0.15, 0.2) is 0 Å². The molecular formula is C117H235N9O14. The van der Waals surface area contributed by atoms with Gasteiger partial charge in [0.05, 0.1) is 79.0 Å². The van der Waals surface area contributed by atoms with Gasteiger partial charge in [-0.1, -0.05) is 265 Å². The zero-order valence-electron chi connectivity index (χ0n) is 94.1. The lowest BCUT2D eigenvalue weighted by molar-refractivity contribution is -0.238. The molecule has 9 N–H and O–H groups in total. The average Bonchev–Trinajstić information content (AvgIpc) is 1.30. The highest BCUT2D eigenvalue weighted by molar-refractivity contribution is 5.93. The molecule has 4 rings (SSSR count). The molecule has 0 spiro atoms. The smallest absolute Gasteiger partial charge is 0.220 e. The first kappa shape index (κ1) is 146. The van der Waals surface area contributed by atoms with Gasteiger partial charge in [0.25, 0.3) is 0 Å². The van der Waals surface area contributed by atoms with Gasteiger partial charge in [-0.15, -0.1) is 0 Å². The molecule has 0 radical (unpaired) electrons. The second kappa shape index (κ2) is 76.3. The Morgan fingerprint density at radius 3 is 1.06 bits per heavy atom. The van der Waals surface area contributed by atoms with Crippen molar-refractivity contribution in [2.24, 2.45) is 93.7 Å². The van der Waals surface area contributed by atoms with Gasteiger partial charge in [-0.05, 0) is 231 Å². The number of ketones is 7. The van der Waals surface area contributed by atoms with Crippen molar-refractivity contribution in [1.29, 1.82) is 0 Å². The van der Waals surface area contributed by atoms with Crippen molar-refractivity contribution in [2.45, 2.75) is 576 Å². The Morgan fingerprint density at radius 1 is 0.329 bits per heavy atom. The molecular weight excluding hydrogens is 1760 g/mol. The van der Waals surface area contributed by atoms with Crippen molar-refractivity contribution in [3.05, 3.63) is 0 Å². The summed E-state index contributed by atoms with van der Waals surface area (Å²) in [5, 5.41) is 28.6. The molecule has 0 heterocycles. The highest BCUT2D eigenvalue weighted by atomic mass is 16.5. The fraction of sp³-hybridized carbons (Fsp3) is 0.915. The molecule has 4 aliphatic carbocycles. The topological polar surface area (TPSA) is 316 Å². The summed E-state index contributed by atoms with van der Waals surface area (Å²) in [6.45, 7) is 84.3. The molecule has 4 fully saturated rings. The number of ether oxygens (including phenoxy) is 4. The number of Topliss-reactive ketones (excluding diaryl/α,β-unsaturated/α-hetero) is 7. The van der Waals surface area contributed by atoms with Gasteiger partial charge in [-0.25, -0.2) is 0 Å². The summed E-state index contributed by atoms with van der Waals surface area (Å²) in [4.78, 5) is 124. The molecule has 3 amide bonds. The lowest BCUT2D eigenvalue weighted by Gasteiger charge is -2.65. The number of carbonyl (C=O) groups is 10. The van der Waals surface area contributed by atoms with Crippen LogP contribution in [0.25, 0.3) is 0 Å². The standard InChI is InChI=1S/C34H62O4.C30H53N3O6.C20H40N2O2.2C14H30N2O.5CH4/c1-20(2)35-19-24(9)27-12-13-28-32-29(18-31(34(27,28)11)38-23(7)8)33(10)15-14-26(36-21(3)4)16-25(33)17-30(32)37-22(5)6;1-17(2)25(34)14-11-23(29(38)19(5)6)32-27(36)16-13-24(30(39)20(7)8)33-26(35)15-12-22(31-21(9)10)28(37)18(3)4;1-15(2)11-7-8-13-19(23)21-14-10-9-12-18(22-17(5)6)20(24)16(3)4;2*1-10(2)14(17)13(16-12(5)6)8-7-9-15-11(3)4;;;;;/h20-32H,12-19H2,1-11H3;17-24,31H,11-16H2,1-10H3,(H,32,36)(H,33,35);15-18,22H,7-14H2,1-6H3,(H,21,23);2*10-13,15-16H,7-9H2,1-6H3;5*1H4/t24-,25?,26?,27?,28?,29?,30?,31?,32?,33?,34?;;;;;;;;;/m1........./s1. The van der Waals surface area contributed by atoms with E-state index in [1.165, 1.54) is 51.4 Å². The number of hydrogen-bond acceptors (Lipinski definition) is 20. The Bertz CT molecular complexity index is 3270. The summed E-state index contributed by atoms with van der Waals surface area (Å²) < 4.78 is 26.5. The van der Waals surface area contributed by atoms with Crippen LogP contribution in [0.4, 0.5) is 0 Å². The second-order valence-electron chi connectivity index (χ2n) is 46.7. The predicted molar refractivity (Wildman–Crippen MR) is 594 cm³/mol. The van der Waals surface area contributed by atoms with Crippen LogP contribution in [0.1, 0.15) is 461 Å². The van der Waals surface area contributed by atoms with Gasteiger partial charge in [0.15, 0.2) is 34.7 Å². The number of fused-ring (bicyclic) bond motifs is 5. The Morgan fingerprint density at radius 2 is 0.700 bits per heavy atom. The monoisotopic (exact) mass is 1990 g/mol. The molecule has 23 heteroatoms. The summed E-state index contributed by atoms with van der Waals surface area (Å²) in [7, 11) is 0. The van der Waals surface area contributed by atoms with Gasteiger partial charge in [-0.3, -0.25) is 47.9 Å². The lowest BCUT2D eigenvalue weighted by Crippen LogP contribution is -2.63. The molecule has 832 valence electrons. The minimum atomic E-state index is -0.859. The number of unbranched alkanes of at least 4 members (excludes halogenated alkanes) is 2. The maximum Gasteiger partial charge on any atom is 0.220 e. The van der Waals surface area contributed by atoms with E-state index in [0.29, 0.717) is 132 Å². The molecule has 140 heavy (non-hydrogen) atoms. The Hall–Kier alpha value is -4.30. The third-order valence-corrected chi connectivity index (χ3v) is 27.5. The van der Waals surface area contributed by atoms with Gasteiger partial charge in [0.1, 0.15) is 5.78 Å². The van der Waals surface area contributed by atoms with Gasteiger partial charge in [0.2, 0.25) is 17.7 Å². The molecule has 0 aliphatic heterocycles. The third kappa shape index (κ3) is 57.9. The van der Waals surface area contributed by atoms with Crippen molar-refractivity contribution in [3.63, 3.8) is 0 Å². The maximum absolute atomic E-state index is 12.8. The molecule has 0 aromatic heterocycles. The van der Waals surface area contributed by atoms with Crippen LogP contribution >= 0.6 is 0 Å². The predicted octanol–water partition coefficient (Wildman–Crippen LogP) is 23.8. The average molecular weight is 1990 g/mol. The van der Waals surface area contributed by atoms with Crippen LogP contribution in [0.2, 0.25) is 0 Å². The third-order valence-electron chi connectivity index (χ3n) is 27.5. The number of nitrogens with one attached hydrogen (secondary N) is 9. The first-order chi connectivity index (χ1) is 62.7. The fourth-order valence-corrected chi connectivity index (χ4v) is 20.6. The van der Waals surface area contributed by atoms with Gasteiger partial charge in [-0.2, -0.15) is 0 Å². The van der Waals surface area contributed by atoms with E-state index in [4.69, 9.17) is 18.9 Å². The van der Waals surface area contributed by atoms with Crippen molar-refractivity contribution >= 4 is 58.2 Å². The van der Waals surface area contributed by atoms with Crippen LogP contribution in [-0.2, 0) is 66.9 Å². The SMILES string of the molecule is C.C.C.C.C.CC(C)CCCCC(=O)NCCCCC(NC(C)C)C(=O)C(C)C.CC(C)NC(CCC(=O)NC(CCC(=O)NC(CCC(=O)C(C)C)C(=O)C(C)C)C(=O)C(C)C)C(=O)C(C)C.CC(C)NCCCC(NC(C)C)C(=O)C(C)C.CC(C)NCCCC(NC(C)C)C(=O)C(C)C.CC(C)OC[C@@H](C)C1CCC2C3C(OC(C)C)CC4CC(OC(C)C)CCC4(C)C3CC(OC(C)C)C21C. The Labute approximate surface area is 864 Å². The summed E-state index contributed by atoms with van der Waals surface area (Å²) in [5.74, 6) is 3.88. The minimum Gasteiger partial charge on any atom is -0.379 e. The van der Waals surface area contributed by atoms with E-state index >= 15 is 0 Å².